The lowest BCUT2D eigenvalue weighted by Crippen LogP contribution is -2.32. The van der Waals surface area contributed by atoms with Crippen molar-refractivity contribution in [3.8, 4) is 0 Å². The van der Waals surface area contributed by atoms with Crippen LogP contribution in [0.4, 0.5) is 0 Å². The first-order valence-corrected chi connectivity index (χ1v) is 7.03. The molecule has 1 saturated heterocycles. The van der Waals surface area contributed by atoms with Crippen molar-refractivity contribution >= 4 is 28.3 Å². The number of nitrogens with two attached hydrogens (primary N) is 1. The number of benzene rings is 1. The maximum absolute atomic E-state index is 5.86. The molecule has 18 heavy (non-hydrogen) atoms. The number of nitrogens with zero attached hydrogens (tertiary/aromatic N) is 1. The van der Waals surface area contributed by atoms with Gasteiger partial charge in [-0.3, -0.25) is 4.90 Å². The fourth-order valence-corrected chi connectivity index (χ4v) is 2.78. The third kappa shape index (κ3) is 3.47. The van der Waals surface area contributed by atoms with Crippen LogP contribution < -0.4 is 5.73 Å². The molecule has 2 atom stereocenters. The highest BCUT2D eigenvalue weighted by molar-refractivity contribution is 9.10. The lowest BCUT2D eigenvalue weighted by molar-refractivity contribution is 0.227. The van der Waals surface area contributed by atoms with Crippen LogP contribution in [0.1, 0.15) is 31.9 Å². The lowest BCUT2D eigenvalue weighted by Gasteiger charge is -2.27. The minimum Gasteiger partial charge on any atom is -0.330 e. The number of rotatable bonds is 3. The van der Waals surface area contributed by atoms with Crippen LogP contribution in [0, 0.1) is 5.41 Å². The van der Waals surface area contributed by atoms with Gasteiger partial charge in [0.1, 0.15) is 0 Å². The summed E-state index contributed by atoms with van der Waals surface area (Å²) in [7, 11) is 0. The Morgan fingerprint density at radius 3 is 2.50 bits per heavy atom. The summed E-state index contributed by atoms with van der Waals surface area (Å²) in [6.45, 7) is 7.63. The molecular formula is C14H22BrClN2. The predicted molar refractivity (Wildman–Crippen MR) is 83.2 cm³/mol. The molecule has 4 heteroatoms. The molecule has 102 valence electrons. The smallest absolute Gasteiger partial charge is 0.0320 e. The molecule has 0 radical (unpaired) electrons. The minimum absolute atomic E-state index is 0. The van der Waals surface area contributed by atoms with Crippen LogP contribution in [0.15, 0.2) is 28.7 Å². The number of likely N-dealkylation sites (tertiary alicyclic amines) is 1. The van der Waals surface area contributed by atoms with Gasteiger partial charge in [0.25, 0.3) is 0 Å². The molecule has 0 spiro atoms. The molecule has 2 rings (SSSR count). The average Bonchev–Trinajstić information content (AvgIpc) is 2.73. The second kappa shape index (κ2) is 6.38. The van der Waals surface area contributed by atoms with E-state index in [9.17, 15) is 0 Å². The second-order valence-electron chi connectivity index (χ2n) is 5.46. The van der Waals surface area contributed by atoms with Crippen LogP contribution in [0.5, 0.6) is 0 Å². The molecule has 1 fully saturated rings. The maximum atomic E-state index is 5.86. The molecule has 1 aromatic rings. The Hall–Kier alpha value is -0.0900. The molecular weight excluding hydrogens is 312 g/mol. The first kappa shape index (κ1) is 16.0. The summed E-state index contributed by atoms with van der Waals surface area (Å²) < 4.78 is 1.14. The van der Waals surface area contributed by atoms with Gasteiger partial charge < -0.3 is 5.73 Å². The zero-order chi connectivity index (χ0) is 12.5. The van der Waals surface area contributed by atoms with Gasteiger partial charge in [-0.25, -0.2) is 0 Å². The average molecular weight is 334 g/mol. The highest BCUT2D eigenvalue weighted by Crippen LogP contribution is 2.34. The summed E-state index contributed by atoms with van der Waals surface area (Å²) >= 11 is 3.48. The zero-order valence-electron chi connectivity index (χ0n) is 11.0. The molecule has 1 heterocycles. The summed E-state index contributed by atoms with van der Waals surface area (Å²) in [5.41, 5.74) is 7.55. The van der Waals surface area contributed by atoms with Crippen LogP contribution in [0.25, 0.3) is 0 Å². The van der Waals surface area contributed by atoms with E-state index in [2.05, 4.69) is 58.9 Å². The fraction of sp³-hybridized carbons (Fsp3) is 0.571. The van der Waals surface area contributed by atoms with Crippen molar-refractivity contribution in [3.05, 3.63) is 34.3 Å². The van der Waals surface area contributed by atoms with Crippen molar-refractivity contribution in [3.63, 3.8) is 0 Å². The molecule has 1 aromatic carbocycles. The molecule has 2 N–H and O–H groups in total. The number of halogens is 2. The SMILES string of the molecule is CC(c1ccc(Br)cc1)N1CCC(C)(CN)C1.Cl. The molecule has 0 aliphatic carbocycles. The van der Waals surface area contributed by atoms with Crippen LogP contribution in [0.2, 0.25) is 0 Å². The first-order chi connectivity index (χ1) is 8.04. The number of hydrogen-bond acceptors (Lipinski definition) is 2. The van der Waals surface area contributed by atoms with E-state index in [0.717, 1.165) is 24.1 Å². The van der Waals surface area contributed by atoms with Crippen LogP contribution >= 0.6 is 28.3 Å². The van der Waals surface area contributed by atoms with E-state index >= 15 is 0 Å². The molecule has 0 aromatic heterocycles. The molecule has 2 nitrogen and oxygen atoms in total. The largest absolute Gasteiger partial charge is 0.330 e. The number of hydrogen-bond donors (Lipinski definition) is 1. The summed E-state index contributed by atoms with van der Waals surface area (Å²) in [6, 6.07) is 9.12. The van der Waals surface area contributed by atoms with Gasteiger partial charge in [0, 0.05) is 17.1 Å². The minimum atomic E-state index is 0. The van der Waals surface area contributed by atoms with E-state index in [1.807, 2.05) is 0 Å². The van der Waals surface area contributed by atoms with Gasteiger partial charge in [-0.1, -0.05) is 35.0 Å². The van der Waals surface area contributed by atoms with Gasteiger partial charge in [-0.05, 0) is 49.5 Å². The Morgan fingerprint density at radius 1 is 1.39 bits per heavy atom. The summed E-state index contributed by atoms with van der Waals surface area (Å²) in [5, 5.41) is 0. The van der Waals surface area contributed by atoms with Crippen molar-refractivity contribution in [2.45, 2.75) is 26.3 Å². The second-order valence-corrected chi connectivity index (χ2v) is 6.38. The van der Waals surface area contributed by atoms with E-state index < -0.39 is 0 Å². The van der Waals surface area contributed by atoms with Crippen LogP contribution in [-0.4, -0.2) is 24.5 Å². The first-order valence-electron chi connectivity index (χ1n) is 6.24. The third-order valence-electron chi connectivity index (χ3n) is 3.98. The van der Waals surface area contributed by atoms with Crippen molar-refractivity contribution in [1.29, 1.82) is 0 Å². The Morgan fingerprint density at radius 2 is 2.00 bits per heavy atom. The maximum Gasteiger partial charge on any atom is 0.0320 e. The van der Waals surface area contributed by atoms with Crippen LogP contribution in [0.3, 0.4) is 0 Å². The summed E-state index contributed by atoms with van der Waals surface area (Å²) in [6.07, 6.45) is 1.21. The van der Waals surface area contributed by atoms with E-state index in [0.29, 0.717) is 11.5 Å². The quantitative estimate of drug-likeness (QED) is 0.915. The van der Waals surface area contributed by atoms with E-state index in [4.69, 9.17) is 5.73 Å². The summed E-state index contributed by atoms with van der Waals surface area (Å²) in [4.78, 5) is 2.54. The zero-order valence-corrected chi connectivity index (χ0v) is 13.4. The van der Waals surface area contributed by atoms with Crippen LogP contribution in [-0.2, 0) is 0 Å². The molecule has 1 aliphatic heterocycles. The fourth-order valence-electron chi connectivity index (χ4n) is 2.51. The van der Waals surface area contributed by atoms with E-state index in [1.165, 1.54) is 12.0 Å². The Balaban J connectivity index is 0.00000162. The summed E-state index contributed by atoms with van der Waals surface area (Å²) in [5.74, 6) is 0. The van der Waals surface area contributed by atoms with Crippen molar-refractivity contribution in [2.24, 2.45) is 11.1 Å². The topological polar surface area (TPSA) is 29.3 Å². The Bertz CT molecular complexity index is 382. The van der Waals surface area contributed by atoms with E-state index in [1.54, 1.807) is 0 Å². The Kier molecular flexibility index (Phi) is 5.66. The normalized spacial score (nSPS) is 25.8. The van der Waals surface area contributed by atoms with Gasteiger partial charge >= 0.3 is 0 Å². The molecule has 0 saturated carbocycles. The highest BCUT2D eigenvalue weighted by Gasteiger charge is 2.34. The van der Waals surface area contributed by atoms with Gasteiger partial charge in [0.2, 0.25) is 0 Å². The molecule has 0 amide bonds. The Labute approximate surface area is 124 Å². The third-order valence-corrected chi connectivity index (χ3v) is 4.51. The molecule has 2 unspecified atom stereocenters. The lowest BCUT2D eigenvalue weighted by atomic mass is 9.90. The highest BCUT2D eigenvalue weighted by atomic mass is 79.9. The van der Waals surface area contributed by atoms with Crippen molar-refractivity contribution < 1.29 is 0 Å². The van der Waals surface area contributed by atoms with Crippen molar-refractivity contribution in [2.75, 3.05) is 19.6 Å². The van der Waals surface area contributed by atoms with Gasteiger partial charge in [0.15, 0.2) is 0 Å². The van der Waals surface area contributed by atoms with Crippen molar-refractivity contribution in [1.82, 2.24) is 4.90 Å². The van der Waals surface area contributed by atoms with Gasteiger partial charge in [0.05, 0.1) is 0 Å². The monoisotopic (exact) mass is 332 g/mol. The van der Waals surface area contributed by atoms with Gasteiger partial charge in [-0.2, -0.15) is 0 Å². The van der Waals surface area contributed by atoms with E-state index in [-0.39, 0.29) is 12.4 Å². The van der Waals surface area contributed by atoms with Gasteiger partial charge in [-0.15, -0.1) is 12.4 Å². The standard InChI is InChI=1S/C14H21BrN2.ClH/c1-11(12-3-5-13(15)6-4-12)17-8-7-14(2,9-16)10-17;/h3-6,11H,7-10,16H2,1-2H3;1H. The predicted octanol–water partition coefficient (Wildman–Crippen LogP) is 3.60. The molecule has 1 aliphatic rings. The molecule has 0 bridgehead atoms.